The number of aryl methyl sites for hydroxylation is 1. The highest BCUT2D eigenvalue weighted by atomic mass is 35.5. The van der Waals surface area contributed by atoms with Gasteiger partial charge < -0.3 is 15.0 Å². The largest absolute Gasteiger partial charge is 0.467 e. The molecule has 3 unspecified atom stereocenters. The number of hydrogen-bond acceptors (Lipinski definition) is 7. The Morgan fingerprint density at radius 2 is 1.85 bits per heavy atom. The standard InChI is InChI=1S/C24H27ClN2O5S2/c1-15-9-11-17(12-10-15)34(30,31)33-20-13-14-27(16(2)21(20)23(28)26-3)22(24(29)32-4)18-7-5-6-8-19(18)25/h5-12,20-22H,2,13-14H2,1,3-4H3,(H,26,28). The summed E-state index contributed by atoms with van der Waals surface area (Å²) in [5.74, 6) is -1.81. The molecule has 10 heteroatoms. The zero-order valence-electron chi connectivity index (χ0n) is 19.2. The second-order valence-electron chi connectivity index (χ2n) is 7.91. The monoisotopic (exact) mass is 522 g/mol. The number of amides is 1. The number of rotatable bonds is 7. The Balaban J connectivity index is 1.96. The van der Waals surface area contributed by atoms with Crippen LogP contribution in [0.25, 0.3) is 0 Å². The lowest BCUT2D eigenvalue weighted by Gasteiger charge is -2.43. The number of halogens is 1. The van der Waals surface area contributed by atoms with Crippen LogP contribution >= 0.6 is 22.4 Å². The van der Waals surface area contributed by atoms with Gasteiger partial charge in [-0.3, -0.25) is 4.79 Å². The summed E-state index contributed by atoms with van der Waals surface area (Å²) < 4.78 is 31.3. The SMILES string of the molecule is C=C1C(C(=O)NC)C(SS(=O)(=O)c2ccc(C)cc2)CCN1C(C(=O)OC)c1ccccc1Cl. The van der Waals surface area contributed by atoms with Crippen molar-refractivity contribution in [3.63, 3.8) is 0 Å². The topological polar surface area (TPSA) is 92.8 Å². The molecule has 0 aliphatic carbocycles. The number of piperidine rings is 1. The van der Waals surface area contributed by atoms with Crippen LogP contribution in [0.3, 0.4) is 0 Å². The summed E-state index contributed by atoms with van der Waals surface area (Å²) in [6.07, 6.45) is 0.324. The molecule has 182 valence electrons. The van der Waals surface area contributed by atoms with E-state index in [1.807, 2.05) is 6.92 Å². The number of carbonyl (C=O) groups excluding carboxylic acids is 2. The van der Waals surface area contributed by atoms with E-state index in [9.17, 15) is 18.0 Å². The maximum absolute atomic E-state index is 13.1. The van der Waals surface area contributed by atoms with E-state index in [1.165, 1.54) is 14.2 Å². The number of likely N-dealkylation sites (tertiary alicyclic amines) is 1. The molecule has 1 aliphatic heterocycles. The van der Waals surface area contributed by atoms with Crippen LogP contribution in [0.1, 0.15) is 23.6 Å². The Hall–Kier alpha value is -2.49. The molecule has 1 heterocycles. The third kappa shape index (κ3) is 5.42. The molecule has 3 atom stereocenters. The molecule has 1 amide bonds. The first-order chi connectivity index (χ1) is 16.1. The van der Waals surface area contributed by atoms with E-state index in [4.69, 9.17) is 16.3 Å². The maximum atomic E-state index is 13.1. The fraction of sp³-hybridized carbons (Fsp3) is 0.333. The number of carbonyl (C=O) groups is 2. The molecule has 1 saturated heterocycles. The van der Waals surface area contributed by atoms with Crippen LogP contribution in [-0.2, 0) is 23.2 Å². The first-order valence-electron chi connectivity index (χ1n) is 10.6. The number of ether oxygens (including phenoxy) is 1. The molecule has 1 N–H and O–H groups in total. The molecule has 0 radical (unpaired) electrons. The van der Waals surface area contributed by atoms with E-state index in [0.717, 1.165) is 16.4 Å². The lowest BCUT2D eigenvalue weighted by molar-refractivity contribution is -0.147. The molecule has 0 saturated carbocycles. The van der Waals surface area contributed by atoms with E-state index < -0.39 is 32.0 Å². The molecule has 2 aromatic rings. The van der Waals surface area contributed by atoms with Crippen LogP contribution in [0, 0.1) is 12.8 Å². The molecule has 1 fully saturated rings. The Bertz CT molecular complexity index is 1180. The number of methoxy groups -OCH3 is 1. The average Bonchev–Trinajstić information content (AvgIpc) is 2.81. The van der Waals surface area contributed by atoms with E-state index in [1.54, 1.807) is 53.4 Å². The minimum absolute atomic E-state index is 0.176. The summed E-state index contributed by atoms with van der Waals surface area (Å²) in [5.41, 5.74) is 1.80. The molecule has 2 aromatic carbocycles. The number of benzene rings is 2. The van der Waals surface area contributed by atoms with Crippen LogP contribution in [0.2, 0.25) is 5.02 Å². The van der Waals surface area contributed by atoms with Gasteiger partial charge in [-0.15, -0.1) is 0 Å². The van der Waals surface area contributed by atoms with E-state index in [2.05, 4.69) is 11.9 Å². The minimum atomic E-state index is -3.73. The third-order valence-corrected chi connectivity index (χ3v) is 10.1. The van der Waals surface area contributed by atoms with E-state index in [-0.39, 0.29) is 10.8 Å². The van der Waals surface area contributed by atoms with Gasteiger partial charge in [0.25, 0.3) is 0 Å². The Kier molecular flexibility index (Phi) is 8.33. The molecule has 0 aromatic heterocycles. The van der Waals surface area contributed by atoms with Crippen molar-refractivity contribution in [2.75, 3.05) is 20.7 Å². The van der Waals surface area contributed by atoms with Gasteiger partial charge in [0.15, 0.2) is 6.04 Å². The zero-order chi connectivity index (χ0) is 25.0. The number of hydrogen-bond donors (Lipinski definition) is 1. The molecule has 7 nitrogen and oxygen atoms in total. The fourth-order valence-electron chi connectivity index (χ4n) is 4.00. The van der Waals surface area contributed by atoms with Crippen molar-refractivity contribution in [2.24, 2.45) is 5.92 Å². The molecule has 1 aliphatic rings. The normalized spacial score (nSPS) is 19.4. The second-order valence-corrected chi connectivity index (χ2v) is 12.4. The van der Waals surface area contributed by atoms with Gasteiger partial charge in [0.05, 0.1) is 17.9 Å². The summed E-state index contributed by atoms with van der Waals surface area (Å²) >= 11 is 6.38. The highest BCUT2D eigenvalue weighted by Crippen LogP contribution is 2.43. The van der Waals surface area contributed by atoms with Gasteiger partial charge in [-0.2, -0.15) is 0 Å². The first-order valence-corrected chi connectivity index (χ1v) is 13.9. The van der Waals surface area contributed by atoms with Crippen molar-refractivity contribution in [2.45, 2.75) is 29.5 Å². The van der Waals surface area contributed by atoms with Crippen molar-refractivity contribution in [1.29, 1.82) is 0 Å². The van der Waals surface area contributed by atoms with Crippen molar-refractivity contribution >= 4 is 43.1 Å². The molecule has 0 bridgehead atoms. The Labute approximate surface area is 208 Å². The highest BCUT2D eigenvalue weighted by molar-refractivity contribution is 8.72. The van der Waals surface area contributed by atoms with Crippen molar-refractivity contribution in [3.8, 4) is 0 Å². The van der Waals surface area contributed by atoms with Crippen molar-refractivity contribution in [3.05, 3.63) is 77.0 Å². The molecular formula is C24H27ClN2O5S2. The predicted molar refractivity (Wildman–Crippen MR) is 134 cm³/mol. The van der Waals surface area contributed by atoms with Crippen LogP contribution in [-0.4, -0.2) is 51.1 Å². The van der Waals surface area contributed by atoms with Gasteiger partial charge in [-0.25, -0.2) is 13.2 Å². The van der Waals surface area contributed by atoms with Gasteiger partial charge in [0, 0.05) is 35.1 Å². The van der Waals surface area contributed by atoms with Gasteiger partial charge >= 0.3 is 5.97 Å². The van der Waals surface area contributed by atoms with Crippen molar-refractivity contribution < 1.29 is 22.7 Å². The molecule has 3 rings (SSSR count). The van der Waals surface area contributed by atoms with Gasteiger partial charge in [0.1, 0.15) is 0 Å². The minimum Gasteiger partial charge on any atom is -0.467 e. The van der Waals surface area contributed by atoms with E-state index in [0.29, 0.717) is 29.2 Å². The summed E-state index contributed by atoms with van der Waals surface area (Å²) in [6, 6.07) is 12.6. The smallest absolute Gasteiger partial charge is 0.333 e. The molecule has 0 spiro atoms. The van der Waals surface area contributed by atoms with Gasteiger partial charge in [0.2, 0.25) is 14.8 Å². The first kappa shape index (κ1) is 26.1. The average molecular weight is 523 g/mol. The summed E-state index contributed by atoms with van der Waals surface area (Å²) in [5, 5.41) is 2.38. The highest BCUT2D eigenvalue weighted by Gasteiger charge is 2.44. The second kappa shape index (κ2) is 10.8. The number of esters is 1. The van der Waals surface area contributed by atoms with Crippen LogP contribution in [0.4, 0.5) is 0 Å². The van der Waals surface area contributed by atoms with Crippen LogP contribution in [0.5, 0.6) is 0 Å². The quantitative estimate of drug-likeness (QED) is 0.435. The fourth-order valence-corrected chi connectivity index (χ4v) is 8.00. The molecular weight excluding hydrogens is 496 g/mol. The third-order valence-electron chi connectivity index (χ3n) is 5.78. The van der Waals surface area contributed by atoms with Crippen molar-refractivity contribution in [1.82, 2.24) is 10.2 Å². The predicted octanol–water partition coefficient (Wildman–Crippen LogP) is 3.93. The number of nitrogens with one attached hydrogen (secondary N) is 1. The number of nitrogens with zero attached hydrogens (tertiary/aromatic N) is 1. The van der Waals surface area contributed by atoms with Crippen LogP contribution in [0.15, 0.2) is 65.7 Å². The summed E-state index contributed by atoms with van der Waals surface area (Å²) in [7, 11) is -0.220. The lowest BCUT2D eigenvalue weighted by Crippen LogP contribution is -2.49. The lowest BCUT2D eigenvalue weighted by atomic mass is 9.90. The summed E-state index contributed by atoms with van der Waals surface area (Å²) in [4.78, 5) is 27.6. The van der Waals surface area contributed by atoms with Gasteiger partial charge in [-0.05, 0) is 42.3 Å². The summed E-state index contributed by atoms with van der Waals surface area (Å²) in [6.45, 7) is 6.28. The Morgan fingerprint density at radius 1 is 1.21 bits per heavy atom. The van der Waals surface area contributed by atoms with Gasteiger partial charge in [-0.1, -0.05) is 54.1 Å². The van der Waals surface area contributed by atoms with E-state index >= 15 is 0 Å². The van der Waals surface area contributed by atoms with Crippen LogP contribution < -0.4 is 5.32 Å². The maximum Gasteiger partial charge on any atom is 0.333 e. The Morgan fingerprint density at radius 3 is 2.44 bits per heavy atom. The zero-order valence-corrected chi connectivity index (χ0v) is 21.5. The molecule has 34 heavy (non-hydrogen) atoms.